The summed E-state index contributed by atoms with van der Waals surface area (Å²) in [4.78, 5) is 17.7. The summed E-state index contributed by atoms with van der Waals surface area (Å²) in [6.45, 7) is -0.251. The average Bonchev–Trinajstić information content (AvgIpc) is 2.69. The maximum atomic E-state index is 12.8. The van der Waals surface area contributed by atoms with Gasteiger partial charge in [0, 0.05) is 13.2 Å². The second-order valence-electron chi connectivity index (χ2n) is 6.82. The molecule has 7 heteroatoms. The first-order chi connectivity index (χ1) is 13.0. The van der Waals surface area contributed by atoms with E-state index >= 15 is 0 Å². The molecule has 6 nitrogen and oxygen atoms in total. The fraction of sp³-hybridized carbons (Fsp3) is 0.400. The molecule has 27 heavy (non-hydrogen) atoms. The van der Waals surface area contributed by atoms with Gasteiger partial charge in [0.15, 0.2) is 0 Å². The Bertz CT molecular complexity index is 946. The summed E-state index contributed by atoms with van der Waals surface area (Å²) in [5.74, 6) is -0.327. The van der Waals surface area contributed by atoms with E-state index in [1.165, 1.54) is 30.2 Å². The lowest BCUT2D eigenvalue weighted by atomic mass is 9.96. The summed E-state index contributed by atoms with van der Waals surface area (Å²) in [6, 6.07) is 13.8. The molecule has 1 aliphatic carbocycles. The maximum Gasteiger partial charge on any atom is 0.247 e. The molecule has 0 N–H and O–H groups in total. The molecular formula is C20H25N3O3S. The molecule has 1 aliphatic rings. The summed E-state index contributed by atoms with van der Waals surface area (Å²) in [7, 11) is -2.30. The summed E-state index contributed by atoms with van der Waals surface area (Å²) in [6.07, 6.45) is 7.27. The van der Waals surface area contributed by atoms with Crippen molar-refractivity contribution >= 4 is 15.9 Å². The van der Waals surface area contributed by atoms with E-state index in [0.717, 1.165) is 30.0 Å². The van der Waals surface area contributed by atoms with Gasteiger partial charge in [-0.15, -0.1) is 0 Å². The largest absolute Gasteiger partial charge is 0.273 e. The lowest BCUT2D eigenvalue weighted by Crippen LogP contribution is -2.38. The van der Waals surface area contributed by atoms with E-state index in [-0.39, 0.29) is 23.4 Å². The van der Waals surface area contributed by atoms with E-state index in [0.29, 0.717) is 5.49 Å². The lowest BCUT2D eigenvalue weighted by Gasteiger charge is -2.19. The van der Waals surface area contributed by atoms with E-state index in [2.05, 4.69) is 0 Å². The van der Waals surface area contributed by atoms with Crippen molar-refractivity contribution in [2.24, 2.45) is 4.99 Å². The minimum Gasteiger partial charge on any atom is -0.273 e. The van der Waals surface area contributed by atoms with Crippen LogP contribution in [0, 0.1) is 0 Å². The predicted molar refractivity (Wildman–Crippen MR) is 104 cm³/mol. The first-order valence-electron chi connectivity index (χ1n) is 9.24. The molecule has 0 radical (unpaired) electrons. The number of likely N-dealkylation sites (N-methyl/N-ethyl adjacent to an activating group) is 1. The molecule has 0 aliphatic heterocycles. The van der Waals surface area contributed by atoms with Crippen molar-refractivity contribution in [2.75, 3.05) is 13.6 Å². The highest BCUT2D eigenvalue weighted by Gasteiger charge is 2.23. The Labute approximate surface area is 160 Å². The van der Waals surface area contributed by atoms with Gasteiger partial charge in [0.1, 0.15) is 5.49 Å². The molecule has 0 saturated heterocycles. The van der Waals surface area contributed by atoms with Crippen molar-refractivity contribution in [1.82, 2.24) is 8.87 Å². The van der Waals surface area contributed by atoms with Gasteiger partial charge in [-0.2, -0.15) is 4.31 Å². The SMILES string of the molecule is CN(CC(=O)n1ccccc1=NC1CCCCC1)S(=O)(=O)c1ccccc1. The Hall–Kier alpha value is -2.25. The molecule has 1 saturated carbocycles. The van der Waals surface area contributed by atoms with Crippen LogP contribution in [0.1, 0.15) is 36.9 Å². The zero-order valence-electron chi connectivity index (χ0n) is 15.5. The standard InChI is InChI=1S/C20H25N3O3S/c1-22(27(25,26)18-12-6-3-7-13-18)16-20(24)23-15-9-8-14-19(23)21-17-10-4-2-5-11-17/h3,6-9,12-15,17H,2,4-5,10-11,16H2,1H3. The van der Waals surface area contributed by atoms with Crippen LogP contribution < -0.4 is 5.49 Å². The van der Waals surface area contributed by atoms with Crippen LogP contribution >= 0.6 is 0 Å². The number of hydrogen-bond acceptors (Lipinski definition) is 4. The van der Waals surface area contributed by atoms with Crippen LogP contribution in [0.2, 0.25) is 0 Å². The number of benzene rings is 1. The predicted octanol–water partition coefficient (Wildman–Crippen LogP) is 2.68. The highest BCUT2D eigenvalue weighted by molar-refractivity contribution is 7.89. The molecule has 0 bridgehead atoms. The lowest BCUT2D eigenvalue weighted by molar-refractivity contribution is 0.0886. The molecule has 1 heterocycles. The van der Waals surface area contributed by atoms with Crippen LogP contribution in [-0.2, 0) is 10.0 Å². The van der Waals surface area contributed by atoms with Gasteiger partial charge < -0.3 is 0 Å². The second kappa shape index (κ2) is 8.63. The first kappa shape index (κ1) is 19.5. The molecule has 0 amide bonds. The highest BCUT2D eigenvalue weighted by Crippen LogP contribution is 2.19. The van der Waals surface area contributed by atoms with Gasteiger partial charge in [-0.1, -0.05) is 43.5 Å². The number of carbonyl (C=O) groups excluding carboxylic acids is 1. The van der Waals surface area contributed by atoms with E-state index in [1.807, 2.05) is 6.07 Å². The Morgan fingerprint density at radius 1 is 1.07 bits per heavy atom. The number of pyridine rings is 1. The van der Waals surface area contributed by atoms with Crippen molar-refractivity contribution in [3.63, 3.8) is 0 Å². The Kier molecular flexibility index (Phi) is 6.23. The van der Waals surface area contributed by atoms with Crippen LogP contribution in [0.5, 0.6) is 0 Å². The molecular weight excluding hydrogens is 362 g/mol. The molecule has 1 fully saturated rings. The Balaban J connectivity index is 1.81. The van der Waals surface area contributed by atoms with Gasteiger partial charge in [0.25, 0.3) is 0 Å². The monoisotopic (exact) mass is 387 g/mol. The fourth-order valence-electron chi connectivity index (χ4n) is 3.27. The van der Waals surface area contributed by atoms with Crippen molar-refractivity contribution in [3.8, 4) is 0 Å². The number of nitrogens with zero attached hydrogens (tertiary/aromatic N) is 3. The molecule has 1 aromatic heterocycles. The van der Waals surface area contributed by atoms with Crippen molar-refractivity contribution in [1.29, 1.82) is 0 Å². The van der Waals surface area contributed by atoms with E-state index in [1.54, 1.807) is 36.5 Å². The van der Waals surface area contributed by atoms with Crippen LogP contribution in [0.3, 0.4) is 0 Å². The number of rotatable bonds is 5. The third kappa shape index (κ3) is 4.73. The molecule has 2 aromatic rings. The number of hydrogen-bond donors (Lipinski definition) is 0. The molecule has 144 valence electrons. The van der Waals surface area contributed by atoms with Gasteiger partial charge in [0.2, 0.25) is 15.9 Å². The molecule has 3 rings (SSSR count). The Morgan fingerprint density at radius 2 is 1.74 bits per heavy atom. The molecule has 0 atom stereocenters. The number of sulfonamides is 1. The number of carbonyl (C=O) groups is 1. The van der Waals surface area contributed by atoms with Crippen molar-refractivity contribution in [3.05, 3.63) is 60.2 Å². The van der Waals surface area contributed by atoms with Gasteiger partial charge in [-0.05, 0) is 37.1 Å². The number of aromatic nitrogens is 1. The van der Waals surface area contributed by atoms with Crippen LogP contribution in [-0.4, -0.2) is 42.8 Å². The summed E-state index contributed by atoms with van der Waals surface area (Å²) in [5.41, 5.74) is 0.583. The molecule has 1 aromatic carbocycles. The van der Waals surface area contributed by atoms with Crippen LogP contribution in [0.25, 0.3) is 0 Å². The zero-order chi connectivity index (χ0) is 19.3. The second-order valence-corrected chi connectivity index (χ2v) is 8.86. The Morgan fingerprint density at radius 3 is 2.44 bits per heavy atom. The third-order valence-corrected chi connectivity index (χ3v) is 6.62. The first-order valence-corrected chi connectivity index (χ1v) is 10.7. The minimum atomic E-state index is -3.71. The van der Waals surface area contributed by atoms with Crippen LogP contribution in [0.15, 0.2) is 64.6 Å². The van der Waals surface area contributed by atoms with Crippen LogP contribution in [0.4, 0.5) is 0 Å². The summed E-state index contributed by atoms with van der Waals surface area (Å²) in [5, 5.41) is 0. The maximum absolute atomic E-state index is 12.8. The molecule has 0 spiro atoms. The highest BCUT2D eigenvalue weighted by atomic mass is 32.2. The van der Waals surface area contributed by atoms with Gasteiger partial charge in [-0.3, -0.25) is 14.4 Å². The zero-order valence-corrected chi connectivity index (χ0v) is 16.3. The topological polar surface area (TPSA) is 71.7 Å². The van der Waals surface area contributed by atoms with Crippen molar-refractivity contribution in [2.45, 2.75) is 43.0 Å². The van der Waals surface area contributed by atoms with Gasteiger partial charge in [0.05, 0.1) is 17.5 Å². The molecule has 0 unspecified atom stereocenters. The average molecular weight is 388 g/mol. The summed E-state index contributed by atoms with van der Waals surface area (Å²) < 4.78 is 27.8. The van der Waals surface area contributed by atoms with Gasteiger partial charge >= 0.3 is 0 Å². The fourth-order valence-corrected chi connectivity index (χ4v) is 4.41. The van der Waals surface area contributed by atoms with Gasteiger partial charge in [-0.25, -0.2) is 8.42 Å². The van der Waals surface area contributed by atoms with Crippen molar-refractivity contribution < 1.29 is 13.2 Å². The van der Waals surface area contributed by atoms with E-state index < -0.39 is 10.0 Å². The van der Waals surface area contributed by atoms with E-state index in [9.17, 15) is 13.2 Å². The quantitative estimate of drug-likeness (QED) is 0.792. The minimum absolute atomic E-state index is 0.172. The smallest absolute Gasteiger partial charge is 0.247 e. The van der Waals surface area contributed by atoms with E-state index in [4.69, 9.17) is 4.99 Å². The normalized spacial score (nSPS) is 16.6. The summed E-state index contributed by atoms with van der Waals surface area (Å²) >= 11 is 0. The third-order valence-electron chi connectivity index (χ3n) is 4.81.